The fourth-order valence-electron chi connectivity index (χ4n) is 4.23. The van der Waals surface area contributed by atoms with Gasteiger partial charge in [0.2, 0.25) is 5.91 Å². The molecule has 1 atom stereocenters. The minimum atomic E-state index is -4.30. The van der Waals surface area contributed by atoms with Gasteiger partial charge in [-0.15, -0.1) is 0 Å². The summed E-state index contributed by atoms with van der Waals surface area (Å²) in [7, 11) is -2.66. The van der Waals surface area contributed by atoms with Crippen LogP contribution in [0.1, 0.15) is 35.5 Å². The second kappa shape index (κ2) is 12.4. The summed E-state index contributed by atoms with van der Waals surface area (Å²) in [5.41, 5.74) is 1.57. The Morgan fingerprint density at radius 2 is 1.49 bits per heavy atom. The van der Waals surface area contributed by atoms with Crippen LogP contribution in [0.5, 0.6) is 0 Å². The van der Waals surface area contributed by atoms with Crippen LogP contribution in [0.3, 0.4) is 0 Å². The molecule has 1 unspecified atom stereocenters. The molecule has 0 aliphatic rings. The van der Waals surface area contributed by atoms with E-state index in [9.17, 15) is 27.6 Å². The number of sulfonamides is 1. The normalized spacial score (nSPS) is 11.8. The largest absolute Gasteiger partial charge is 0.449 e. The Morgan fingerprint density at radius 1 is 0.884 bits per heavy atom. The second-order valence-corrected chi connectivity index (χ2v) is 11.5. The summed E-state index contributed by atoms with van der Waals surface area (Å²) in [5.74, 6) is -1.75. The maximum atomic E-state index is 13.4. The summed E-state index contributed by atoms with van der Waals surface area (Å²) < 4.78 is 37.3. The molecule has 1 aromatic heterocycles. The van der Waals surface area contributed by atoms with E-state index in [0.717, 1.165) is 6.07 Å². The first-order chi connectivity index (χ1) is 20.3. The number of aryl methyl sites for hydroxylation is 1. The number of para-hydroxylation sites is 1. The topological polar surface area (TPSA) is 158 Å². The highest BCUT2D eigenvalue weighted by Crippen LogP contribution is 2.22. The molecule has 3 N–H and O–H groups in total. The molecular weight excluding hydrogens is 574 g/mol. The first-order valence-electron chi connectivity index (χ1n) is 13.2. The van der Waals surface area contributed by atoms with Crippen molar-refractivity contribution in [2.45, 2.75) is 38.7 Å². The van der Waals surface area contributed by atoms with Gasteiger partial charge in [0, 0.05) is 25.3 Å². The van der Waals surface area contributed by atoms with Gasteiger partial charge in [0.25, 0.3) is 21.5 Å². The van der Waals surface area contributed by atoms with Gasteiger partial charge in [0.05, 0.1) is 21.8 Å². The molecule has 2 amide bonds. The number of aromatic nitrogens is 2. The van der Waals surface area contributed by atoms with Gasteiger partial charge >= 0.3 is 5.97 Å². The lowest BCUT2D eigenvalue weighted by atomic mass is 10.1. The number of hydrogen-bond donors (Lipinski definition) is 3. The van der Waals surface area contributed by atoms with Gasteiger partial charge in [-0.25, -0.2) is 17.9 Å². The van der Waals surface area contributed by atoms with Gasteiger partial charge in [-0.3, -0.25) is 23.8 Å². The van der Waals surface area contributed by atoms with E-state index in [4.69, 9.17) is 4.74 Å². The van der Waals surface area contributed by atoms with Crippen LogP contribution >= 0.6 is 0 Å². The van der Waals surface area contributed by atoms with Crippen molar-refractivity contribution in [3.05, 3.63) is 100.0 Å². The highest BCUT2D eigenvalue weighted by Gasteiger charge is 2.26. The van der Waals surface area contributed by atoms with E-state index in [2.05, 4.69) is 15.4 Å². The van der Waals surface area contributed by atoms with Gasteiger partial charge in [0.1, 0.15) is 5.69 Å². The van der Waals surface area contributed by atoms with E-state index in [1.54, 1.807) is 75.5 Å². The van der Waals surface area contributed by atoms with Gasteiger partial charge in [0.15, 0.2) is 6.10 Å². The highest BCUT2D eigenvalue weighted by molar-refractivity contribution is 7.92. The quantitative estimate of drug-likeness (QED) is 0.245. The summed E-state index contributed by atoms with van der Waals surface area (Å²) in [6.07, 6.45) is -1.22. The summed E-state index contributed by atoms with van der Waals surface area (Å²) in [6.45, 7) is 5.97. The minimum absolute atomic E-state index is 0.0614. The first-order valence-corrected chi connectivity index (χ1v) is 14.6. The van der Waals surface area contributed by atoms with Crippen LogP contribution in [-0.2, 0) is 31.4 Å². The molecule has 3 aromatic carbocycles. The maximum Gasteiger partial charge on any atom is 0.339 e. The average molecular weight is 606 g/mol. The fraction of sp³-hybridized carbons (Fsp3) is 0.200. The summed E-state index contributed by atoms with van der Waals surface area (Å²) in [5, 5.41) is 5.23. The summed E-state index contributed by atoms with van der Waals surface area (Å²) in [4.78, 5) is 49.8. The first kappa shape index (κ1) is 30.8. The van der Waals surface area contributed by atoms with Crippen LogP contribution < -0.4 is 20.9 Å². The lowest BCUT2D eigenvalue weighted by molar-refractivity contribution is -0.123. The standard InChI is InChI=1S/C30H31N5O7S/c1-18-11-16-25(43(40,41)33-27-19(2)34(5)35(29(27)38)24-9-7-6-8-10-24)17-26(18)30(39)42-20(3)28(37)32-23-14-12-22(13-15-23)31-21(4)36/h6-17,20,33H,1-5H3,(H,31,36)(H,32,37). The molecule has 0 saturated carbocycles. The number of carbonyl (C=O) groups excluding carboxylic acids is 3. The van der Waals surface area contributed by atoms with E-state index >= 15 is 0 Å². The molecule has 4 aromatic rings. The number of nitrogens with zero attached hydrogens (tertiary/aromatic N) is 2. The van der Waals surface area contributed by atoms with Crippen molar-refractivity contribution in [2.75, 3.05) is 15.4 Å². The van der Waals surface area contributed by atoms with Crippen LogP contribution in [0.2, 0.25) is 0 Å². The van der Waals surface area contributed by atoms with E-state index in [-0.39, 0.29) is 22.1 Å². The molecule has 0 radical (unpaired) electrons. The van der Waals surface area contributed by atoms with Crippen LogP contribution in [0.15, 0.2) is 82.5 Å². The smallest absolute Gasteiger partial charge is 0.339 e. The Hall–Kier alpha value is -5.17. The predicted octanol–water partition coefficient (Wildman–Crippen LogP) is 3.74. The van der Waals surface area contributed by atoms with E-state index in [1.165, 1.54) is 35.3 Å². The van der Waals surface area contributed by atoms with Gasteiger partial charge in [-0.2, -0.15) is 0 Å². The molecule has 0 aliphatic heterocycles. The number of ether oxygens (including phenoxy) is 1. The molecule has 224 valence electrons. The third-order valence-electron chi connectivity index (χ3n) is 6.66. The van der Waals surface area contributed by atoms with Crippen molar-refractivity contribution < 1.29 is 27.5 Å². The van der Waals surface area contributed by atoms with Crippen molar-refractivity contribution in [3.63, 3.8) is 0 Å². The monoisotopic (exact) mass is 605 g/mol. The average Bonchev–Trinajstić information content (AvgIpc) is 3.16. The van der Waals surface area contributed by atoms with E-state index in [0.29, 0.717) is 28.3 Å². The van der Waals surface area contributed by atoms with Crippen molar-refractivity contribution in [3.8, 4) is 5.69 Å². The third-order valence-corrected chi connectivity index (χ3v) is 8.00. The Balaban J connectivity index is 1.51. The zero-order chi connectivity index (χ0) is 31.5. The number of rotatable bonds is 9. The number of hydrogen-bond acceptors (Lipinski definition) is 7. The molecule has 0 spiro atoms. The fourth-order valence-corrected chi connectivity index (χ4v) is 5.37. The maximum absolute atomic E-state index is 13.4. The SMILES string of the molecule is CC(=O)Nc1ccc(NC(=O)C(C)OC(=O)c2cc(S(=O)(=O)Nc3c(C)n(C)n(-c4ccccc4)c3=O)ccc2C)cc1. The van der Waals surface area contributed by atoms with Gasteiger partial charge < -0.3 is 15.4 Å². The second-order valence-electron chi connectivity index (χ2n) is 9.81. The Morgan fingerprint density at radius 3 is 2.09 bits per heavy atom. The molecule has 4 rings (SSSR count). The number of esters is 1. The molecule has 1 heterocycles. The number of nitrogens with one attached hydrogen (secondary N) is 3. The van der Waals surface area contributed by atoms with Crippen molar-refractivity contribution in [1.29, 1.82) is 0 Å². The van der Waals surface area contributed by atoms with E-state index < -0.39 is 33.6 Å². The molecule has 0 saturated heterocycles. The summed E-state index contributed by atoms with van der Waals surface area (Å²) in [6, 6.07) is 19.0. The molecule has 0 fully saturated rings. The van der Waals surface area contributed by atoms with Gasteiger partial charge in [-0.1, -0.05) is 24.3 Å². The molecular formula is C30H31N5O7S. The number of benzene rings is 3. The van der Waals surface area contributed by atoms with Crippen LogP contribution in [0, 0.1) is 13.8 Å². The minimum Gasteiger partial charge on any atom is -0.449 e. The van der Waals surface area contributed by atoms with Crippen molar-refractivity contribution in [2.24, 2.45) is 7.05 Å². The predicted molar refractivity (Wildman–Crippen MR) is 162 cm³/mol. The Bertz CT molecular complexity index is 1860. The molecule has 43 heavy (non-hydrogen) atoms. The number of carbonyl (C=O) groups is 3. The zero-order valence-electron chi connectivity index (χ0n) is 24.2. The Labute approximate surface area is 248 Å². The lowest BCUT2D eigenvalue weighted by Gasteiger charge is -2.15. The third kappa shape index (κ3) is 6.84. The number of amides is 2. The van der Waals surface area contributed by atoms with E-state index in [1.807, 2.05) is 0 Å². The molecule has 12 nitrogen and oxygen atoms in total. The van der Waals surface area contributed by atoms with Gasteiger partial charge in [-0.05, 0) is 74.9 Å². The Kier molecular flexibility index (Phi) is 8.85. The van der Waals surface area contributed by atoms with Crippen LogP contribution in [0.25, 0.3) is 5.69 Å². The number of anilines is 3. The van der Waals surface area contributed by atoms with Crippen LogP contribution in [-0.4, -0.2) is 41.7 Å². The molecule has 0 aliphatic carbocycles. The highest BCUT2D eigenvalue weighted by atomic mass is 32.2. The zero-order valence-corrected chi connectivity index (χ0v) is 25.0. The lowest BCUT2D eigenvalue weighted by Crippen LogP contribution is -2.30. The van der Waals surface area contributed by atoms with Crippen LogP contribution in [0.4, 0.5) is 17.1 Å². The van der Waals surface area contributed by atoms with Crippen molar-refractivity contribution >= 4 is 44.9 Å². The summed E-state index contributed by atoms with van der Waals surface area (Å²) >= 11 is 0. The molecule has 13 heteroatoms. The van der Waals surface area contributed by atoms with Crippen molar-refractivity contribution in [1.82, 2.24) is 9.36 Å². The molecule has 0 bridgehead atoms.